The van der Waals surface area contributed by atoms with Crippen LogP contribution in [0.15, 0.2) is 35.1 Å². The van der Waals surface area contributed by atoms with Gasteiger partial charge in [-0.05, 0) is 26.2 Å². The molecule has 0 unspecified atom stereocenters. The Labute approximate surface area is 88.5 Å². The van der Waals surface area contributed by atoms with Crippen LogP contribution in [0.4, 0.5) is 5.69 Å². The molecule has 4 nitrogen and oxygen atoms in total. The molecule has 4 heteroatoms. The van der Waals surface area contributed by atoms with Crippen molar-refractivity contribution in [2.45, 2.75) is 0 Å². The van der Waals surface area contributed by atoms with Gasteiger partial charge in [-0.2, -0.15) is 0 Å². The summed E-state index contributed by atoms with van der Waals surface area (Å²) in [5.41, 5.74) is 0.124. The molecule has 1 N–H and O–H groups in total. The van der Waals surface area contributed by atoms with Crippen molar-refractivity contribution in [3.8, 4) is 0 Å². The summed E-state index contributed by atoms with van der Waals surface area (Å²) in [6, 6.07) is 8.11. The molecule has 0 radical (unpaired) electrons. The van der Waals surface area contributed by atoms with E-state index >= 15 is 0 Å². The van der Waals surface area contributed by atoms with Crippen molar-refractivity contribution in [1.82, 2.24) is 4.90 Å². The Bertz CT molecular complexity index is 402. The Morgan fingerprint density at radius 1 is 1.27 bits per heavy atom. The lowest BCUT2D eigenvalue weighted by atomic mass is 10.4. The van der Waals surface area contributed by atoms with Crippen LogP contribution in [0.3, 0.4) is 0 Å². The number of nitrogens with one attached hydrogen (secondary N) is 1. The first-order valence-corrected chi connectivity index (χ1v) is 4.63. The first kappa shape index (κ1) is 11.4. The minimum Gasteiger partial charge on any atom is -0.322 e. The summed E-state index contributed by atoms with van der Waals surface area (Å²) in [7, 11) is 3.59. The second-order valence-corrected chi connectivity index (χ2v) is 3.47. The molecular weight excluding hydrogens is 192 g/mol. The van der Waals surface area contributed by atoms with Crippen molar-refractivity contribution in [2.75, 3.05) is 26.0 Å². The highest BCUT2D eigenvalue weighted by atomic mass is 16.2. The molecule has 0 aliphatic rings. The number of hydrogen-bond donors (Lipinski definition) is 1. The van der Waals surface area contributed by atoms with Gasteiger partial charge in [-0.1, -0.05) is 18.2 Å². The van der Waals surface area contributed by atoms with E-state index in [9.17, 15) is 9.59 Å². The topological polar surface area (TPSA) is 49.4 Å². The smallest absolute Gasteiger partial charge is 0.238 e. The fourth-order valence-corrected chi connectivity index (χ4v) is 1.11. The molecule has 0 heterocycles. The van der Waals surface area contributed by atoms with Crippen LogP contribution >= 0.6 is 0 Å². The number of carbonyl (C=O) groups is 1. The summed E-state index contributed by atoms with van der Waals surface area (Å²) in [5.74, 6) is -0.191. The van der Waals surface area contributed by atoms with Gasteiger partial charge in [-0.25, -0.2) is 0 Å². The van der Waals surface area contributed by atoms with Crippen LogP contribution in [-0.4, -0.2) is 31.4 Å². The predicted molar refractivity (Wildman–Crippen MR) is 59.9 cm³/mol. The van der Waals surface area contributed by atoms with Crippen LogP contribution in [-0.2, 0) is 4.79 Å². The van der Waals surface area contributed by atoms with E-state index in [2.05, 4.69) is 5.32 Å². The second kappa shape index (κ2) is 5.26. The number of amides is 1. The fraction of sp³-hybridized carbons (Fsp3) is 0.273. The van der Waals surface area contributed by atoms with Crippen LogP contribution in [0.5, 0.6) is 0 Å². The van der Waals surface area contributed by atoms with Gasteiger partial charge < -0.3 is 10.2 Å². The van der Waals surface area contributed by atoms with Crippen molar-refractivity contribution >= 4 is 11.6 Å². The van der Waals surface area contributed by atoms with Crippen LogP contribution in [0.1, 0.15) is 0 Å². The Morgan fingerprint density at radius 3 is 2.60 bits per heavy atom. The maximum Gasteiger partial charge on any atom is 0.238 e. The molecule has 0 aromatic heterocycles. The second-order valence-electron chi connectivity index (χ2n) is 3.47. The van der Waals surface area contributed by atoms with Gasteiger partial charge in [0.15, 0.2) is 0 Å². The van der Waals surface area contributed by atoms with E-state index in [-0.39, 0.29) is 17.9 Å². The van der Waals surface area contributed by atoms with E-state index < -0.39 is 0 Å². The summed E-state index contributed by atoms with van der Waals surface area (Å²) in [5, 5.41) is 2.57. The van der Waals surface area contributed by atoms with E-state index in [1.54, 1.807) is 43.3 Å². The normalized spacial score (nSPS) is 10.1. The first-order valence-electron chi connectivity index (χ1n) is 4.63. The van der Waals surface area contributed by atoms with Gasteiger partial charge in [0.2, 0.25) is 11.3 Å². The number of rotatable bonds is 3. The Hall–Kier alpha value is -1.68. The lowest BCUT2D eigenvalue weighted by molar-refractivity contribution is -0.116. The zero-order chi connectivity index (χ0) is 11.3. The molecule has 1 aromatic carbocycles. The molecule has 0 bridgehead atoms. The number of carbonyl (C=O) groups excluding carboxylic acids is 1. The van der Waals surface area contributed by atoms with Crippen molar-refractivity contribution in [1.29, 1.82) is 0 Å². The standard InChI is InChI=1S/C11H14N2O2/c1-13(2)8-11(15)12-9-6-4-3-5-7-10(9)14/h3-7H,8H2,1-2H3,(H,12,14,15). The fourth-order valence-electron chi connectivity index (χ4n) is 1.11. The van der Waals surface area contributed by atoms with Crippen LogP contribution in [0.25, 0.3) is 0 Å². The minimum absolute atomic E-state index is 0.188. The zero-order valence-corrected chi connectivity index (χ0v) is 8.86. The Balaban J connectivity index is 2.78. The third-order valence-electron chi connectivity index (χ3n) is 1.73. The van der Waals surface area contributed by atoms with Crippen LogP contribution in [0.2, 0.25) is 0 Å². The number of likely N-dealkylation sites (N-methyl/N-ethyl adjacent to an activating group) is 1. The highest BCUT2D eigenvalue weighted by Crippen LogP contribution is 1.96. The molecule has 1 amide bonds. The number of nitrogens with zero attached hydrogens (tertiary/aromatic N) is 1. The molecule has 1 aromatic rings. The largest absolute Gasteiger partial charge is 0.322 e. The third-order valence-corrected chi connectivity index (χ3v) is 1.73. The molecule has 0 saturated carbocycles. The van der Waals surface area contributed by atoms with Gasteiger partial charge in [-0.3, -0.25) is 9.59 Å². The van der Waals surface area contributed by atoms with Gasteiger partial charge >= 0.3 is 0 Å². The molecular formula is C11H14N2O2. The molecule has 0 spiro atoms. The molecule has 15 heavy (non-hydrogen) atoms. The average Bonchev–Trinajstić information content (AvgIpc) is 2.30. The van der Waals surface area contributed by atoms with E-state index in [0.29, 0.717) is 5.69 Å². The highest BCUT2D eigenvalue weighted by Gasteiger charge is 2.04. The van der Waals surface area contributed by atoms with Gasteiger partial charge in [0.25, 0.3) is 0 Å². The molecule has 80 valence electrons. The van der Waals surface area contributed by atoms with Crippen LogP contribution in [0, 0.1) is 0 Å². The average molecular weight is 206 g/mol. The monoisotopic (exact) mass is 206 g/mol. The third kappa shape index (κ3) is 3.91. The molecule has 0 fully saturated rings. The summed E-state index contributed by atoms with van der Waals surface area (Å²) in [6.07, 6.45) is 0. The van der Waals surface area contributed by atoms with Crippen molar-refractivity contribution < 1.29 is 4.79 Å². The van der Waals surface area contributed by atoms with Crippen molar-refractivity contribution in [3.63, 3.8) is 0 Å². The van der Waals surface area contributed by atoms with Gasteiger partial charge in [0, 0.05) is 0 Å². The summed E-state index contributed by atoms with van der Waals surface area (Å²) < 4.78 is 0. The first-order chi connectivity index (χ1) is 7.09. The van der Waals surface area contributed by atoms with E-state index in [1.807, 2.05) is 0 Å². The lowest BCUT2D eigenvalue weighted by Crippen LogP contribution is -2.28. The Kier molecular flexibility index (Phi) is 4.00. The van der Waals surface area contributed by atoms with Crippen molar-refractivity contribution in [2.24, 2.45) is 0 Å². The lowest BCUT2D eigenvalue weighted by Gasteiger charge is -2.08. The van der Waals surface area contributed by atoms with E-state index in [1.165, 1.54) is 6.07 Å². The highest BCUT2D eigenvalue weighted by molar-refractivity contribution is 5.92. The SMILES string of the molecule is CN(C)CC(=O)Nc1cccccc1=O. The zero-order valence-electron chi connectivity index (χ0n) is 8.86. The number of hydrogen-bond acceptors (Lipinski definition) is 3. The quantitative estimate of drug-likeness (QED) is 0.785. The van der Waals surface area contributed by atoms with Crippen LogP contribution < -0.4 is 10.7 Å². The van der Waals surface area contributed by atoms with Gasteiger partial charge in [0.05, 0.1) is 12.2 Å². The summed E-state index contributed by atoms with van der Waals surface area (Å²) in [4.78, 5) is 24.5. The molecule has 1 rings (SSSR count). The minimum atomic E-state index is -0.191. The van der Waals surface area contributed by atoms with E-state index in [4.69, 9.17) is 0 Å². The predicted octanol–water partition coefficient (Wildman–Crippen LogP) is 0.547. The molecule has 0 aliphatic heterocycles. The maximum absolute atomic E-state index is 11.4. The van der Waals surface area contributed by atoms with Gasteiger partial charge in [0.1, 0.15) is 0 Å². The summed E-state index contributed by atoms with van der Waals surface area (Å²) >= 11 is 0. The Morgan fingerprint density at radius 2 is 1.93 bits per heavy atom. The maximum atomic E-state index is 11.4. The molecule has 0 atom stereocenters. The summed E-state index contributed by atoms with van der Waals surface area (Å²) in [6.45, 7) is 0.262. The molecule has 0 aliphatic carbocycles. The number of anilines is 1. The van der Waals surface area contributed by atoms with Gasteiger partial charge in [-0.15, -0.1) is 0 Å². The van der Waals surface area contributed by atoms with E-state index in [0.717, 1.165) is 0 Å². The molecule has 0 saturated heterocycles. The van der Waals surface area contributed by atoms with Crippen molar-refractivity contribution in [3.05, 3.63) is 40.6 Å².